The van der Waals surface area contributed by atoms with Crippen molar-refractivity contribution >= 4 is 17.5 Å². The molecule has 0 aromatic heterocycles. The number of piperidine rings is 1. The minimum atomic E-state index is -0.149. The van der Waals surface area contributed by atoms with Gasteiger partial charge in [0.1, 0.15) is 5.84 Å². The molecule has 1 aliphatic heterocycles. The zero-order valence-electron chi connectivity index (χ0n) is 18.0. The fraction of sp³-hybridized carbons (Fsp3) is 0.636. The number of nitrogens with one attached hydrogen (secondary N) is 1. The molecule has 3 N–H and O–H groups in total. The van der Waals surface area contributed by atoms with Gasteiger partial charge >= 0.3 is 5.97 Å². The second kappa shape index (κ2) is 11.5. The number of nitrogen functional groups attached to an aromatic ring is 1. The first-order valence-electron chi connectivity index (χ1n) is 10.6. The molecule has 1 atom stereocenters. The molecule has 0 saturated carbocycles. The topological polar surface area (TPSA) is 97.9 Å². The number of amidine groups is 1. The van der Waals surface area contributed by atoms with Gasteiger partial charge in [0.15, 0.2) is 11.5 Å². The van der Waals surface area contributed by atoms with E-state index in [-0.39, 0.29) is 5.97 Å². The fourth-order valence-electron chi connectivity index (χ4n) is 3.60. The van der Waals surface area contributed by atoms with Gasteiger partial charge in [0, 0.05) is 36.3 Å². The maximum atomic E-state index is 11.3. The van der Waals surface area contributed by atoms with E-state index in [9.17, 15) is 4.79 Å². The van der Waals surface area contributed by atoms with E-state index < -0.39 is 0 Å². The van der Waals surface area contributed by atoms with Gasteiger partial charge in [-0.25, -0.2) is 0 Å². The van der Waals surface area contributed by atoms with Gasteiger partial charge in [-0.15, -0.1) is 0 Å². The Bertz CT molecular complexity index is 693. The molecule has 2 rings (SSSR count). The monoisotopic (exact) mass is 405 g/mol. The van der Waals surface area contributed by atoms with Gasteiger partial charge in [0.25, 0.3) is 0 Å². The minimum Gasteiger partial charge on any atom is -0.493 e. The Hall–Kier alpha value is -2.44. The third kappa shape index (κ3) is 6.54. The number of hydrogen-bond acceptors (Lipinski definition) is 6. The molecule has 0 radical (unpaired) electrons. The predicted molar refractivity (Wildman–Crippen MR) is 115 cm³/mol. The van der Waals surface area contributed by atoms with E-state index in [1.165, 1.54) is 6.42 Å². The molecular weight excluding hydrogens is 370 g/mol. The first-order valence-corrected chi connectivity index (χ1v) is 10.6. The van der Waals surface area contributed by atoms with Gasteiger partial charge < -0.3 is 24.8 Å². The lowest BCUT2D eigenvalue weighted by atomic mass is 10.0. The molecule has 7 nitrogen and oxygen atoms in total. The normalized spacial score (nSPS) is 16.4. The molecule has 1 fully saturated rings. The van der Waals surface area contributed by atoms with Crippen molar-refractivity contribution in [3.8, 4) is 11.5 Å². The molecule has 1 saturated heterocycles. The molecule has 1 aliphatic rings. The number of ether oxygens (including phenoxy) is 3. The van der Waals surface area contributed by atoms with Crippen LogP contribution in [0.2, 0.25) is 0 Å². The molecule has 162 valence electrons. The van der Waals surface area contributed by atoms with Gasteiger partial charge in [-0.2, -0.15) is 0 Å². The number of nitrogens with two attached hydrogens (primary N) is 1. The lowest BCUT2D eigenvalue weighted by molar-refractivity contribution is -0.143. The number of carbonyl (C=O) groups is 1. The lowest BCUT2D eigenvalue weighted by Gasteiger charge is -2.35. The van der Waals surface area contributed by atoms with Crippen molar-refractivity contribution in [1.82, 2.24) is 4.90 Å². The van der Waals surface area contributed by atoms with Crippen molar-refractivity contribution in [1.29, 1.82) is 5.41 Å². The van der Waals surface area contributed by atoms with Crippen LogP contribution in [0.1, 0.15) is 64.4 Å². The smallest absolute Gasteiger partial charge is 0.305 e. The summed E-state index contributed by atoms with van der Waals surface area (Å²) >= 11 is 0. The molecule has 1 aromatic rings. The molecule has 29 heavy (non-hydrogen) atoms. The molecule has 7 heteroatoms. The fourth-order valence-corrected chi connectivity index (χ4v) is 3.60. The number of rotatable bonds is 10. The Morgan fingerprint density at radius 1 is 1.24 bits per heavy atom. The standard InChI is InChI=1S/C22H35N3O4/c1-4-28-21(26)11-6-5-9-13-29-20-15-18(23)17(14-19(20)27-3)22(24)25-12-8-7-10-16(25)2/h14-16,24H,4-13,23H2,1-3H3/t16-/m1/s1. The number of nitrogens with zero attached hydrogens (tertiary/aromatic N) is 1. The van der Waals surface area contributed by atoms with E-state index in [0.29, 0.717) is 54.3 Å². The van der Waals surface area contributed by atoms with Crippen LogP contribution >= 0.6 is 0 Å². The third-order valence-electron chi connectivity index (χ3n) is 5.27. The van der Waals surface area contributed by atoms with E-state index in [1.54, 1.807) is 19.2 Å². The Morgan fingerprint density at radius 3 is 2.72 bits per heavy atom. The first kappa shape index (κ1) is 22.8. The third-order valence-corrected chi connectivity index (χ3v) is 5.27. The summed E-state index contributed by atoms with van der Waals surface area (Å²) in [4.78, 5) is 13.4. The summed E-state index contributed by atoms with van der Waals surface area (Å²) in [6.07, 6.45) is 6.33. The summed E-state index contributed by atoms with van der Waals surface area (Å²) in [5, 5.41) is 8.63. The van der Waals surface area contributed by atoms with Gasteiger partial charge in [-0.3, -0.25) is 10.2 Å². The van der Waals surface area contributed by atoms with E-state index in [4.69, 9.17) is 25.4 Å². The highest BCUT2D eigenvalue weighted by Gasteiger charge is 2.24. The number of hydrogen-bond donors (Lipinski definition) is 2. The molecular formula is C22H35N3O4. The maximum absolute atomic E-state index is 11.3. The number of likely N-dealkylation sites (tertiary alicyclic amines) is 1. The highest BCUT2D eigenvalue weighted by molar-refractivity contribution is 6.02. The van der Waals surface area contributed by atoms with Crippen LogP contribution in [0.3, 0.4) is 0 Å². The van der Waals surface area contributed by atoms with Gasteiger partial charge in [0.05, 0.1) is 20.3 Å². The number of esters is 1. The Kier molecular flexibility index (Phi) is 9.09. The van der Waals surface area contributed by atoms with Crippen molar-refractivity contribution in [3.63, 3.8) is 0 Å². The molecule has 0 amide bonds. The number of methoxy groups -OCH3 is 1. The van der Waals surface area contributed by atoms with Crippen LogP contribution in [0.4, 0.5) is 5.69 Å². The molecule has 0 bridgehead atoms. The van der Waals surface area contributed by atoms with Gasteiger partial charge in [0.2, 0.25) is 0 Å². The number of anilines is 1. The van der Waals surface area contributed by atoms with Crippen molar-refractivity contribution in [3.05, 3.63) is 17.7 Å². The van der Waals surface area contributed by atoms with Crippen molar-refractivity contribution in [2.24, 2.45) is 0 Å². The Balaban J connectivity index is 1.92. The first-order chi connectivity index (χ1) is 14.0. The lowest BCUT2D eigenvalue weighted by Crippen LogP contribution is -2.42. The van der Waals surface area contributed by atoms with E-state index >= 15 is 0 Å². The number of benzene rings is 1. The Morgan fingerprint density at radius 2 is 2.03 bits per heavy atom. The SMILES string of the molecule is CCOC(=O)CCCCCOc1cc(N)c(C(=N)N2CCCC[C@H]2C)cc1OC. The average molecular weight is 406 g/mol. The van der Waals surface area contributed by atoms with Gasteiger partial charge in [-0.1, -0.05) is 0 Å². The molecule has 1 heterocycles. The Labute approximate surface area is 174 Å². The van der Waals surface area contributed by atoms with Crippen LogP contribution in [-0.4, -0.2) is 49.6 Å². The largest absolute Gasteiger partial charge is 0.493 e. The van der Waals surface area contributed by atoms with Crippen molar-refractivity contribution in [2.45, 2.75) is 64.8 Å². The summed E-state index contributed by atoms with van der Waals surface area (Å²) in [7, 11) is 1.59. The molecule has 0 aliphatic carbocycles. The van der Waals surface area contributed by atoms with E-state index in [1.807, 2.05) is 6.92 Å². The van der Waals surface area contributed by atoms with Crippen LogP contribution in [-0.2, 0) is 9.53 Å². The number of carbonyl (C=O) groups excluding carboxylic acids is 1. The van der Waals surface area contributed by atoms with Crippen molar-refractivity contribution in [2.75, 3.05) is 32.6 Å². The highest BCUT2D eigenvalue weighted by atomic mass is 16.5. The summed E-state index contributed by atoms with van der Waals surface area (Å²) in [6.45, 7) is 5.78. The van der Waals surface area contributed by atoms with Crippen LogP contribution in [0.25, 0.3) is 0 Å². The second-order valence-electron chi connectivity index (χ2n) is 7.44. The summed E-state index contributed by atoms with van der Waals surface area (Å²) in [6, 6.07) is 3.89. The summed E-state index contributed by atoms with van der Waals surface area (Å²) in [5.74, 6) is 1.45. The zero-order valence-corrected chi connectivity index (χ0v) is 18.0. The van der Waals surface area contributed by atoms with Crippen LogP contribution in [0.15, 0.2) is 12.1 Å². The average Bonchev–Trinajstić information content (AvgIpc) is 2.70. The van der Waals surface area contributed by atoms with Gasteiger partial charge in [-0.05, 0) is 58.4 Å². The number of unbranched alkanes of at least 4 members (excludes halogenated alkanes) is 2. The minimum absolute atomic E-state index is 0.149. The summed E-state index contributed by atoms with van der Waals surface area (Å²) in [5.41, 5.74) is 7.45. The van der Waals surface area contributed by atoms with Crippen LogP contribution in [0, 0.1) is 5.41 Å². The predicted octanol–water partition coefficient (Wildman–Crippen LogP) is 3.98. The maximum Gasteiger partial charge on any atom is 0.305 e. The second-order valence-corrected chi connectivity index (χ2v) is 7.44. The van der Waals surface area contributed by atoms with Crippen molar-refractivity contribution < 1.29 is 19.0 Å². The molecule has 0 spiro atoms. The van der Waals surface area contributed by atoms with E-state index in [0.717, 1.165) is 38.6 Å². The van der Waals surface area contributed by atoms with E-state index in [2.05, 4.69) is 11.8 Å². The quantitative estimate of drug-likeness (QED) is 0.201. The molecule has 0 unspecified atom stereocenters. The highest BCUT2D eigenvalue weighted by Crippen LogP contribution is 2.34. The summed E-state index contributed by atoms with van der Waals surface area (Å²) < 4.78 is 16.3. The van der Waals surface area contributed by atoms with Crippen LogP contribution < -0.4 is 15.2 Å². The van der Waals surface area contributed by atoms with Crippen LogP contribution in [0.5, 0.6) is 11.5 Å². The zero-order chi connectivity index (χ0) is 21.2. The molecule has 1 aromatic carbocycles.